The van der Waals surface area contributed by atoms with E-state index in [-0.39, 0.29) is 16.5 Å². The molecule has 0 amide bonds. The molecule has 2 aliphatic rings. The summed E-state index contributed by atoms with van der Waals surface area (Å²) in [4.78, 5) is 18.1. The zero-order chi connectivity index (χ0) is 23.2. The first-order chi connectivity index (χ1) is 15.8. The Morgan fingerprint density at radius 1 is 1.12 bits per heavy atom. The third kappa shape index (κ3) is 4.18. The highest BCUT2D eigenvalue weighted by atomic mass is 32.2. The fourth-order valence-electron chi connectivity index (χ4n) is 5.00. The first-order valence-corrected chi connectivity index (χ1v) is 12.9. The molecule has 9 nitrogen and oxygen atoms in total. The number of aryl methyl sites for hydroxylation is 2. The molecule has 1 aromatic carbocycles. The Morgan fingerprint density at radius 2 is 1.85 bits per heavy atom. The lowest BCUT2D eigenvalue weighted by atomic mass is 10.0. The standard InChI is InChI=1S/C23H29N5O4S/c1-14-22(15(2)32-26-14)16-11-19-18(13-20(23(29)25-19)28-9-7-24-8-10-28)21(12-16)33(30,31)27-17-5-3-4-6-17/h11-13,17,24,27H,3-10H2,1-2H3,(H,25,29). The molecule has 3 N–H and O–H groups in total. The van der Waals surface area contributed by atoms with Gasteiger partial charge in [0.25, 0.3) is 5.56 Å². The molecule has 3 heterocycles. The van der Waals surface area contributed by atoms with Crippen LogP contribution in [-0.2, 0) is 10.0 Å². The number of anilines is 1. The molecule has 1 saturated heterocycles. The molecule has 0 radical (unpaired) electrons. The van der Waals surface area contributed by atoms with E-state index in [0.717, 1.165) is 44.3 Å². The van der Waals surface area contributed by atoms with Gasteiger partial charge in [0.2, 0.25) is 10.0 Å². The number of H-pyrrole nitrogens is 1. The Labute approximate surface area is 192 Å². The minimum atomic E-state index is -3.82. The molecule has 2 fully saturated rings. The molecule has 33 heavy (non-hydrogen) atoms. The van der Waals surface area contributed by atoms with Crippen LogP contribution in [0.4, 0.5) is 5.69 Å². The summed E-state index contributed by atoms with van der Waals surface area (Å²) in [5, 5.41) is 7.80. The van der Waals surface area contributed by atoms with Gasteiger partial charge in [-0.1, -0.05) is 18.0 Å². The summed E-state index contributed by atoms with van der Waals surface area (Å²) >= 11 is 0. The number of hydrogen-bond acceptors (Lipinski definition) is 7. The molecule has 0 bridgehead atoms. The summed E-state index contributed by atoms with van der Waals surface area (Å²) in [7, 11) is -3.82. The molecular weight excluding hydrogens is 442 g/mol. The van der Waals surface area contributed by atoms with E-state index in [1.54, 1.807) is 25.1 Å². The second-order valence-electron chi connectivity index (χ2n) is 8.96. The number of rotatable bonds is 5. The molecule has 3 aromatic rings. The molecule has 1 saturated carbocycles. The number of piperazine rings is 1. The van der Waals surface area contributed by atoms with Crippen LogP contribution in [0.2, 0.25) is 0 Å². The van der Waals surface area contributed by atoms with Crippen LogP contribution in [0.3, 0.4) is 0 Å². The molecule has 176 valence electrons. The number of hydrogen-bond donors (Lipinski definition) is 3. The van der Waals surface area contributed by atoms with Gasteiger partial charge < -0.3 is 19.7 Å². The summed E-state index contributed by atoms with van der Waals surface area (Å²) in [6, 6.07) is 5.13. The Balaban J connectivity index is 1.72. The van der Waals surface area contributed by atoms with Crippen LogP contribution in [0.25, 0.3) is 22.0 Å². The molecule has 0 unspecified atom stereocenters. The van der Waals surface area contributed by atoms with Gasteiger partial charge in [-0.25, -0.2) is 13.1 Å². The fraction of sp³-hybridized carbons (Fsp3) is 0.478. The van der Waals surface area contributed by atoms with Crippen LogP contribution >= 0.6 is 0 Å². The molecule has 1 aliphatic carbocycles. The van der Waals surface area contributed by atoms with E-state index < -0.39 is 10.0 Å². The van der Waals surface area contributed by atoms with E-state index in [4.69, 9.17) is 4.52 Å². The van der Waals surface area contributed by atoms with Crippen LogP contribution in [0, 0.1) is 13.8 Å². The highest BCUT2D eigenvalue weighted by Crippen LogP contribution is 2.34. The Morgan fingerprint density at radius 3 is 2.52 bits per heavy atom. The van der Waals surface area contributed by atoms with Gasteiger partial charge >= 0.3 is 0 Å². The Hall–Kier alpha value is -2.69. The highest BCUT2D eigenvalue weighted by molar-refractivity contribution is 7.89. The van der Waals surface area contributed by atoms with Crippen molar-refractivity contribution in [3.8, 4) is 11.1 Å². The predicted molar refractivity (Wildman–Crippen MR) is 127 cm³/mol. The number of nitrogens with one attached hydrogen (secondary N) is 3. The van der Waals surface area contributed by atoms with Gasteiger partial charge in [0.1, 0.15) is 11.4 Å². The smallest absolute Gasteiger partial charge is 0.271 e. The van der Waals surface area contributed by atoms with Crippen molar-refractivity contribution in [2.45, 2.75) is 50.5 Å². The average molecular weight is 472 g/mol. The summed E-state index contributed by atoms with van der Waals surface area (Å²) in [5.41, 5.74) is 2.79. The van der Waals surface area contributed by atoms with E-state index >= 15 is 0 Å². The summed E-state index contributed by atoms with van der Waals surface area (Å²) in [5.74, 6) is 0.596. The number of aromatic amines is 1. The molecule has 5 rings (SSSR count). The van der Waals surface area contributed by atoms with Crippen molar-refractivity contribution >= 4 is 26.6 Å². The normalized spacial score (nSPS) is 17.8. The maximum absolute atomic E-state index is 13.6. The number of aromatic nitrogens is 2. The van der Waals surface area contributed by atoms with Crippen molar-refractivity contribution in [2.24, 2.45) is 0 Å². The summed E-state index contributed by atoms with van der Waals surface area (Å²) < 4.78 is 35.4. The zero-order valence-electron chi connectivity index (χ0n) is 18.9. The van der Waals surface area contributed by atoms with Gasteiger partial charge in [0.15, 0.2) is 0 Å². The van der Waals surface area contributed by atoms with E-state index in [1.807, 2.05) is 11.8 Å². The monoisotopic (exact) mass is 471 g/mol. The van der Waals surface area contributed by atoms with E-state index in [1.165, 1.54) is 0 Å². The van der Waals surface area contributed by atoms with Crippen LogP contribution in [-0.4, -0.2) is 50.8 Å². The third-order valence-electron chi connectivity index (χ3n) is 6.65. The number of sulfonamides is 1. The van der Waals surface area contributed by atoms with Crippen molar-refractivity contribution in [1.29, 1.82) is 0 Å². The Bertz CT molecular complexity index is 1330. The molecule has 10 heteroatoms. The van der Waals surface area contributed by atoms with Gasteiger partial charge in [-0.15, -0.1) is 0 Å². The minimum absolute atomic E-state index is 0.0665. The topological polar surface area (TPSA) is 120 Å². The van der Waals surface area contributed by atoms with Crippen molar-refractivity contribution in [3.05, 3.63) is 40.0 Å². The van der Waals surface area contributed by atoms with Crippen LogP contribution in [0.15, 0.2) is 32.4 Å². The van der Waals surface area contributed by atoms with Crippen molar-refractivity contribution in [3.63, 3.8) is 0 Å². The highest BCUT2D eigenvalue weighted by Gasteiger charge is 2.27. The van der Waals surface area contributed by atoms with Crippen LogP contribution < -0.4 is 20.5 Å². The maximum atomic E-state index is 13.6. The minimum Gasteiger partial charge on any atom is -0.365 e. The zero-order valence-corrected chi connectivity index (χ0v) is 19.7. The van der Waals surface area contributed by atoms with Gasteiger partial charge in [-0.05, 0) is 50.5 Å². The first-order valence-electron chi connectivity index (χ1n) is 11.5. The lowest BCUT2D eigenvalue weighted by molar-refractivity contribution is 0.393. The second-order valence-corrected chi connectivity index (χ2v) is 10.6. The SMILES string of the molecule is Cc1noc(C)c1-c1cc(S(=O)(=O)NC2CCCC2)c2cc(N3CCNCC3)c(=O)[nH]c2c1. The van der Waals surface area contributed by atoms with Gasteiger partial charge in [0.05, 0.1) is 16.1 Å². The molecule has 2 aromatic heterocycles. The van der Waals surface area contributed by atoms with Crippen molar-refractivity contribution in [1.82, 2.24) is 20.2 Å². The summed E-state index contributed by atoms with van der Waals surface area (Å²) in [6.45, 7) is 6.54. The predicted octanol–water partition coefficient (Wildman–Crippen LogP) is 2.43. The second kappa shape index (κ2) is 8.58. The first kappa shape index (κ1) is 22.1. The number of benzene rings is 1. The third-order valence-corrected chi connectivity index (χ3v) is 8.21. The molecule has 0 spiro atoms. The summed E-state index contributed by atoms with van der Waals surface area (Å²) in [6.07, 6.45) is 3.72. The van der Waals surface area contributed by atoms with Crippen LogP contribution in [0.5, 0.6) is 0 Å². The average Bonchev–Trinajstić information content (AvgIpc) is 3.41. The Kier molecular flexibility index (Phi) is 5.75. The lowest BCUT2D eigenvalue weighted by Gasteiger charge is -2.29. The number of pyridine rings is 1. The largest absolute Gasteiger partial charge is 0.365 e. The molecule has 1 aliphatic heterocycles. The lowest BCUT2D eigenvalue weighted by Crippen LogP contribution is -2.45. The molecular formula is C23H29N5O4S. The quantitative estimate of drug-likeness (QED) is 0.523. The van der Waals surface area contributed by atoms with Crippen molar-refractivity contribution < 1.29 is 12.9 Å². The van der Waals surface area contributed by atoms with E-state index in [9.17, 15) is 13.2 Å². The van der Waals surface area contributed by atoms with Crippen LogP contribution in [0.1, 0.15) is 37.1 Å². The molecule has 0 atom stereocenters. The van der Waals surface area contributed by atoms with E-state index in [2.05, 4.69) is 20.2 Å². The number of fused-ring (bicyclic) bond motifs is 1. The van der Waals surface area contributed by atoms with E-state index in [0.29, 0.717) is 46.7 Å². The number of nitrogens with zero attached hydrogens (tertiary/aromatic N) is 2. The van der Waals surface area contributed by atoms with Gasteiger partial charge in [-0.3, -0.25) is 4.79 Å². The van der Waals surface area contributed by atoms with Crippen molar-refractivity contribution in [2.75, 3.05) is 31.1 Å². The fourth-order valence-corrected chi connectivity index (χ4v) is 6.54. The van der Waals surface area contributed by atoms with Gasteiger partial charge in [-0.2, -0.15) is 0 Å². The maximum Gasteiger partial charge on any atom is 0.271 e. The van der Waals surface area contributed by atoms with Gasteiger partial charge in [0, 0.05) is 43.2 Å².